The fourth-order valence-electron chi connectivity index (χ4n) is 3.06. The average Bonchev–Trinajstić information content (AvgIpc) is 2.66. The Morgan fingerprint density at radius 3 is 2.35 bits per heavy atom. The van der Waals surface area contributed by atoms with Gasteiger partial charge in [0.1, 0.15) is 5.82 Å². The molecule has 1 aromatic carbocycles. The topological polar surface area (TPSA) is 28.2 Å². The number of hydrogen-bond donors (Lipinski definition) is 1. The van der Waals surface area contributed by atoms with Crippen LogP contribution < -0.4 is 10.2 Å². The summed E-state index contributed by atoms with van der Waals surface area (Å²) in [5, 5.41) is 3.57. The van der Waals surface area contributed by atoms with Crippen molar-refractivity contribution >= 4 is 17.6 Å². The predicted octanol–water partition coefficient (Wildman–Crippen LogP) is 4.58. The normalized spacial score (nSPS) is 16.1. The molecular weight excluding hydrogens is 359 g/mol. The highest BCUT2D eigenvalue weighted by atomic mass is 32.2. The van der Waals surface area contributed by atoms with E-state index in [1.165, 1.54) is 16.5 Å². The van der Waals surface area contributed by atoms with E-state index in [4.69, 9.17) is 0 Å². The Morgan fingerprint density at radius 2 is 1.81 bits per heavy atom. The van der Waals surface area contributed by atoms with E-state index in [-0.39, 0.29) is 0 Å². The van der Waals surface area contributed by atoms with Crippen molar-refractivity contribution in [2.24, 2.45) is 0 Å². The quantitative estimate of drug-likeness (QED) is 0.768. The molecular formula is C19H22F3N3S. The summed E-state index contributed by atoms with van der Waals surface area (Å²) in [6.45, 7) is 2.42. The molecule has 7 heteroatoms. The molecule has 3 nitrogen and oxygen atoms in total. The van der Waals surface area contributed by atoms with Crippen LogP contribution in [0.15, 0.2) is 47.5 Å². The van der Waals surface area contributed by atoms with E-state index in [0.717, 1.165) is 44.7 Å². The Bertz CT molecular complexity index is 693. The van der Waals surface area contributed by atoms with Crippen LogP contribution in [0, 0.1) is 0 Å². The summed E-state index contributed by atoms with van der Waals surface area (Å²) >= 11 is 1.73. The van der Waals surface area contributed by atoms with Crippen molar-refractivity contribution in [2.75, 3.05) is 24.2 Å². The Morgan fingerprint density at radius 1 is 1.12 bits per heavy atom. The van der Waals surface area contributed by atoms with Crippen LogP contribution >= 0.6 is 11.8 Å². The van der Waals surface area contributed by atoms with Crippen LogP contribution in [0.25, 0.3) is 0 Å². The number of nitrogens with one attached hydrogen (secondary N) is 1. The van der Waals surface area contributed by atoms with E-state index in [2.05, 4.69) is 40.8 Å². The van der Waals surface area contributed by atoms with Crippen molar-refractivity contribution < 1.29 is 13.2 Å². The standard InChI is InChI=1S/C19H22F3N3S/c1-26-17-5-2-14(3-6-17)12-23-16-8-10-25(11-9-16)18-7-4-15(13-24-18)19(20,21)22/h2-7,13,16,23H,8-12H2,1H3. The van der Waals surface area contributed by atoms with Gasteiger partial charge in [0.25, 0.3) is 0 Å². The molecule has 0 radical (unpaired) electrons. The second-order valence-electron chi connectivity index (χ2n) is 6.39. The molecule has 1 fully saturated rings. The van der Waals surface area contributed by atoms with Crippen molar-refractivity contribution in [1.29, 1.82) is 0 Å². The molecule has 0 atom stereocenters. The van der Waals surface area contributed by atoms with Crippen LogP contribution in [-0.2, 0) is 12.7 Å². The summed E-state index contributed by atoms with van der Waals surface area (Å²) in [5.74, 6) is 0.615. The first-order valence-corrected chi connectivity index (χ1v) is 9.82. The van der Waals surface area contributed by atoms with Crippen molar-refractivity contribution in [3.63, 3.8) is 0 Å². The third-order valence-electron chi connectivity index (χ3n) is 4.65. The fourth-order valence-corrected chi connectivity index (χ4v) is 3.47. The van der Waals surface area contributed by atoms with Gasteiger partial charge in [-0.25, -0.2) is 4.98 Å². The monoisotopic (exact) mass is 381 g/mol. The number of alkyl halides is 3. The molecule has 1 aromatic heterocycles. The molecule has 0 saturated carbocycles. The van der Waals surface area contributed by atoms with Crippen LogP contribution in [-0.4, -0.2) is 30.4 Å². The van der Waals surface area contributed by atoms with Crippen LogP contribution in [0.1, 0.15) is 24.0 Å². The number of pyridine rings is 1. The molecule has 0 unspecified atom stereocenters. The Balaban J connectivity index is 1.47. The largest absolute Gasteiger partial charge is 0.417 e. The SMILES string of the molecule is CSc1ccc(CNC2CCN(c3ccc(C(F)(F)F)cn3)CC2)cc1. The highest BCUT2D eigenvalue weighted by Crippen LogP contribution is 2.29. The summed E-state index contributed by atoms with van der Waals surface area (Å²) in [6.07, 6.45) is 0.540. The van der Waals surface area contributed by atoms with Gasteiger partial charge in [-0.05, 0) is 48.9 Å². The van der Waals surface area contributed by atoms with E-state index in [9.17, 15) is 13.2 Å². The minimum atomic E-state index is -4.34. The zero-order valence-electron chi connectivity index (χ0n) is 14.6. The number of piperidine rings is 1. The molecule has 1 aliphatic heterocycles. The maximum atomic E-state index is 12.6. The third kappa shape index (κ3) is 4.92. The summed E-state index contributed by atoms with van der Waals surface area (Å²) < 4.78 is 37.9. The zero-order valence-corrected chi connectivity index (χ0v) is 15.4. The van der Waals surface area contributed by atoms with E-state index in [1.54, 1.807) is 11.8 Å². The summed E-state index contributed by atoms with van der Waals surface area (Å²) in [4.78, 5) is 7.29. The molecule has 0 amide bonds. The van der Waals surface area contributed by atoms with E-state index < -0.39 is 11.7 Å². The lowest BCUT2D eigenvalue weighted by molar-refractivity contribution is -0.137. The minimum Gasteiger partial charge on any atom is -0.357 e. The van der Waals surface area contributed by atoms with Crippen molar-refractivity contribution in [3.8, 4) is 0 Å². The van der Waals surface area contributed by atoms with Gasteiger partial charge in [0.05, 0.1) is 5.56 Å². The highest BCUT2D eigenvalue weighted by Gasteiger charge is 2.31. The summed E-state index contributed by atoms with van der Waals surface area (Å²) in [7, 11) is 0. The molecule has 2 aromatic rings. The molecule has 1 saturated heterocycles. The Kier molecular flexibility index (Phi) is 6.09. The van der Waals surface area contributed by atoms with Crippen LogP contribution in [0.5, 0.6) is 0 Å². The Hall–Kier alpha value is -1.73. The molecule has 26 heavy (non-hydrogen) atoms. The van der Waals surface area contributed by atoms with Crippen molar-refractivity contribution in [3.05, 3.63) is 53.7 Å². The lowest BCUT2D eigenvalue weighted by Crippen LogP contribution is -2.42. The number of aromatic nitrogens is 1. The van der Waals surface area contributed by atoms with Crippen molar-refractivity contribution in [2.45, 2.75) is 36.5 Å². The van der Waals surface area contributed by atoms with Crippen LogP contribution in [0.3, 0.4) is 0 Å². The van der Waals surface area contributed by atoms with Gasteiger partial charge >= 0.3 is 6.18 Å². The Labute approximate surface area is 156 Å². The maximum absolute atomic E-state index is 12.6. The summed E-state index contributed by atoms with van der Waals surface area (Å²) in [5.41, 5.74) is 0.555. The van der Waals surface area contributed by atoms with E-state index in [1.807, 2.05) is 4.90 Å². The molecule has 0 spiro atoms. The molecule has 1 aliphatic rings. The lowest BCUT2D eigenvalue weighted by atomic mass is 10.0. The van der Waals surface area contributed by atoms with Gasteiger partial charge in [0, 0.05) is 36.8 Å². The average molecular weight is 381 g/mol. The number of benzene rings is 1. The molecule has 2 heterocycles. The smallest absolute Gasteiger partial charge is 0.357 e. The van der Waals surface area contributed by atoms with Gasteiger partial charge in [-0.3, -0.25) is 0 Å². The molecule has 0 bridgehead atoms. The number of halogens is 3. The first-order chi connectivity index (χ1) is 12.5. The van der Waals surface area contributed by atoms with Crippen molar-refractivity contribution in [1.82, 2.24) is 10.3 Å². The van der Waals surface area contributed by atoms with Gasteiger partial charge in [0.15, 0.2) is 0 Å². The minimum absolute atomic E-state index is 0.418. The third-order valence-corrected chi connectivity index (χ3v) is 5.39. The van der Waals surface area contributed by atoms with Gasteiger partial charge in [0.2, 0.25) is 0 Å². The second kappa shape index (κ2) is 8.31. The number of anilines is 1. The number of hydrogen-bond acceptors (Lipinski definition) is 4. The number of nitrogens with zero attached hydrogens (tertiary/aromatic N) is 2. The fraction of sp³-hybridized carbons (Fsp3) is 0.421. The first kappa shape index (κ1) is 19.0. The van der Waals surface area contributed by atoms with E-state index >= 15 is 0 Å². The first-order valence-electron chi connectivity index (χ1n) is 8.60. The van der Waals surface area contributed by atoms with Gasteiger partial charge in [-0.2, -0.15) is 13.2 Å². The molecule has 140 valence electrons. The van der Waals surface area contributed by atoms with E-state index in [0.29, 0.717) is 11.9 Å². The predicted molar refractivity (Wildman–Crippen MR) is 99.5 cm³/mol. The van der Waals surface area contributed by atoms with Gasteiger partial charge in [-0.15, -0.1) is 11.8 Å². The van der Waals surface area contributed by atoms with Gasteiger partial charge < -0.3 is 10.2 Å². The second-order valence-corrected chi connectivity index (χ2v) is 7.27. The maximum Gasteiger partial charge on any atom is 0.417 e. The molecule has 1 N–H and O–H groups in total. The lowest BCUT2D eigenvalue weighted by Gasteiger charge is -2.33. The zero-order chi connectivity index (χ0) is 18.6. The highest BCUT2D eigenvalue weighted by molar-refractivity contribution is 7.98. The van der Waals surface area contributed by atoms with Crippen LogP contribution in [0.2, 0.25) is 0 Å². The van der Waals surface area contributed by atoms with Gasteiger partial charge in [-0.1, -0.05) is 12.1 Å². The van der Waals surface area contributed by atoms with Crippen LogP contribution in [0.4, 0.5) is 19.0 Å². The molecule has 0 aliphatic carbocycles. The summed E-state index contributed by atoms with van der Waals surface area (Å²) in [6, 6.07) is 11.5. The number of thioether (sulfide) groups is 1. The number of rotatable bonds is 5. The molecule has 3 rings (SSSR count).